The summed E-state index contributed by atoms with van der Waals surface area (Å²) in [7, 11) is 0. The van der Waals surface area contributed by atoms with Crippen molar-refractivity contribution in [1.82, 2.24) is 9.97 Å². The highest BCUT2D eigenvalue weighted by molar-refractivity contribution is 6.28. The van der Waals surface area contributed by atoms with Crippen LogP contribution in [0.25, 0.3) is 0 Å². The molecule has 0 aliphatic carbocycles. The minimum atomic E-state index is -0.0584. The van der Waals surface area contributed by atoms with E-state index in [0.717, 1.165) is 12.0 Å². The molecule has 1 unspecified atom stereocenters. The lowest BCUT2D eigenvalue weighted by Gasteiger charge is -2.28. The zero-order chi connectivity index (χ0) is 12.3. The van der Waals surface area contributed by atoms with Crippen LogP contribution in [0.4, 0.5) is 5.82 Å². The van der Waals surface area contributed by atoms with Crippen LogP contribution in [0.3, 0.4) is 0 Å². The molecule has 1 fully saturated rings. The summed E-state index contributed by atoms with van der Waals surface area (Å²) in [6, 6.07) is 2.25. The van der Waals surface area contributed by atoms with Crippen LogP contribution >= 0.6 is 11.6 Å². The van der Waals surface area contributed by atoms with Crippen LogP contribution in [0.15, 0.2) is 6.20 Å². The molecule has 1 saturated heterocycles. The molecule has 6 heteroatoms. The van der Waals surface area contributed by atoms with Crippen molar-refractivity contribution in [3.63, 3.8) is 0 Å². The maximum absolute atomic E-state index is 9.06. The summed E-state index contributed by atoms with van der Waals surface area (Å²) in [6.45, 7) is 3.04. The number of hydrogen-bond acceptors (Lipinski definition) is 5. The molecule has 0 radical (unpaired) electrons. The van der Waals surface area contributed by atoms with Gasteiger partial charge in [-0.05, 0) is 24.9 Å². The van der Waals surface area contributed by atoms with Crippen LogP contribution in [-0.2, 0) is 4.74 Å². The fourth-order valence-electron chi connectivity index (χ4n) is 1.78. The zero-order valence-corrected chi connectivity index (χ0v) is 10.2. The maximum Gasteiger partial charge on any atom is 0.224 e. The van der Waals surface area contributed by atoms with Crippen molar-refractivity contribution in [2.75, 3.05) is 18.5 Å². The van der Waals surface area contributed by atoms with Crippen LogP contribution in [0.5, 0.6) is 0 Å². The van der Waals surface area contributed by atoms with Crippen LogP contribution in [-0.4, -0.2) is 29.2 Å². The number of hydrogen-bond donors (Lipinski definition) is 1. The molecule has 17 heavy (non-hydrogen) atoms. The van der Waals surface area contributed by atoms with Crippen LogP contribution in [0, 0.1) is 24.2 Å². The predicted molar refractivity (Wildman–Crippen MR) is 63.7 cm³/mol. The number of aromatic nitrogens is 2. The Bertz CT molecular complexity index is 446. The summed E-state index contributed by atoms with van der Waals surface area (Å²) >= 11 is 5.75. The smallest absolute Gasteiger partial charge is 0.224 e. The molecule has 2 atom stereocenters. The Morgan fingerprint density at radius 1 is 1.65 bits per heavy atom. The Hall–Kier alpha value is -1.38. The first-order chi connectivity index (χ1) is 8.20. The topological polar surface area (TPSA) is 70.8 Å². The Balaban J connectivity index is 2.14. The molecular formula is C11H13ClN4O. The first-order valence-electron chi connectivity index (χ1n) is 5.43. The molecule has 1 aromatic heterocycles. The van der Waals surface area contributed by atoms with Crippen molar-refractivity contribution in [2.24, 2.45) is 5.92 Å². The molecule has 2 heterocycles. The molecule has 1 aliphatic heterocycles. The summed E-state index contributed by atoms with van der Waals surface area (Å²) in [6.07, 6.45) is 2.40. The van der Waals surface area contributed by atoms with Gasteiger partial charge in [0.05, 0.1) is 24.6 Å². The highest BCUT2D eigenvalue weighted by Gasteiger charge is 2.26. The van der Waals surface area contributed by atoms with E-state index in [1.165, 1.54) is 0 Å². The van der Waals surface area contributed by atoms with Crippen molar-refractivity contribution in [1.29, 1.82) is 5.26 Å². The van der Waals surface area contributed by atoms with Crippen LogP contribution < -0.4 is 5.32 Å². The third-order valence-electron chi connectivity index (χ3n) is 2.79. The molecule has 1 aliphatic rings. The number of ether oxygens (including phenoxy) is 1. The molecule has 90 valence electrons. The van der Waals surface area contributed by atoms with E-state index in [0.29, 0.717) is 19.0 Å². The molecule has 0 aromatic carbocycles. The van der Waals surface area contributed by atoms with E-state index in [1.807, 2.05) is 6.92 Å². The van der Waals surface area contributed by atoms with Gasteiger partial charge in [0.15, 0.2) is 0 Å². The number of nitrogens with one attached hydrogen (secondary N) is 1. The lowest BCUT2D eigenvalue weighted by atomic mass is 9.96. The van der Waals surface area contributed by atoms with Gasteiger partial charge >= 0.3 is 0 Å². The second-order valence-corrected chi connectivity index (χ2v) is 4.36. The summed E-state index contributed by atoms with van der Waals surface area (Å²) in [5.74, 6) is 0.609. The van der Waals surface area contributed by atoms with Crippen LogP contribution in [0.2, 0.25) is 5.28 Å². The fraction of sp³-hybridized carbons (Fsp3) is 0.545. The molecule has 1 aromatic rings. The van der Waals surface area contributed by atoms with E-state index in [2.05, 4.69) is 21.4 Å². The molecule has 0 spiro atoms. The highest BCUT2D eigenvalue weighted by atomic mass is 35.5. The number of halogens is 1. The van der Waals surface area contributed by atoms with Crippen LogP contribution in [0.1, 0.15) is 12.0 Å². The van der Waals surface area contributed by atoms with Gasteiger partial charge in [-0.15, -0.1) is 0 Å². The van der Waals surface area contributed by atoms with Gasteiger partial charge in [-0.25, -0.2) is 9.97 Å². The van der Waals surface area contributed by atoms with Gasteiger partial charge in [0.25, 0.3) is 0 Å². The van der Waals surface area contributed by atoms with E-state index >= 15 is 0 Å². The van der Waals surface area contributed by atoms with E-state index in [-0.39, 0.29) is 17.2 Å². The molecule has 0 saturated carbocycles. The van der Waals surface area contributed by atoms with Crippen molar-refractivity contribution >= 4 is 17.4 Å². The number of nitriles is 1. The van der Waals surface area contributed by atoms with Gasteiger partial charge < -0.3 is 10.1 Å². The minimum Gasteiger partial charge on any atom is -0.379 e. The number of rotatable bonds is 2. The normalized spacial score (nSPS) is 24.1. The van der Waals surface area contributed by atoms with E-state index in [1.54, 1.807) is 6.20 Å². The quantitative estimate of drug-likeness (QED) is 0.813. The third kappa shape index (κ3) is 2.84. The number of anilines is 1. The lowest BCUT2D eigenvalue weighted by Crippen LogP contribution is -2.38. The minimum absolute atomic E-state index is 0.0431. The predicted octanol–water partition coefficient (Wildman–Crippen LogP) is 1.78. The maximum atomic E-state index is 9.06. The van der Waals surface area contributed by atoms with Crippen molar-refractivity contribution < 1.29 is 4.74 Å². The second-order valence-electron chi connectivity index (χ2n) is 4.02. The molecular weight excluding hydrogens is 240 g/mol. The van der Waals surface area contributed by atoms with Gasteiger partial charge in [-0.2, -0.15) is 5.26 Å². The van der Waals surface area contributed by atoms with Crippen molar-refractivity contribution in [3.05, 3.63) is 17.0 Å². The highest BCUT2D eigenvalue weighted by Crippen LogP contribution is 2.21. The monoisotopic (exact) mass is 252 g/mol. The van der Waals surface area contributed by atoms with Gasteiger partial charge in [-0.1, -0.05) is 0 Å². The summed E-state index contributed by atoms with van der Waals surface area (Å²) in [5.41, 5.74) is 0.900. The van der Waals surface area contributed by atoms with E-state index in [9.17, 15) is 0 Å². The number of aryl methyl sites for hydroxylation is 1. The third-order valence-corrected chi connectivity index (χ3v) is 2.97. The lowest BCUT2D eigenvalue weighted by molar-refractivity contribution is 0.0698. The number of nitrogens with zero attached hydrogens (tertiary/aromatic N) is 3. The standard InChI is InChI=1S/C11H13ClN4O/c1-7-5-14-11(12)16-10(7)15-9-6-17-3-2-8(9)4-13/h5,8-9H,2-3,6H2,1H3,(H,14,15,16)/t8?,9-/m0/s1. The van der Waals surface area contributed by atoms with Crippen molar-refractivity contribution in [3.8, 4) is 6.07 Å². The van der Waals surface area contributed by atoms with E-state index in [4.69, 9.17) is 21.6 Å². The largest absolute Gasteiger partial charge is 0.379 e. The fourth-order valence-corrected chi connectivity index (χ4v) is 1.91. The summed E-state index contributed by atoms with van der Waals surface area (Å²) in [4.78, 5) is 8.00. The Kier molecular flexibility index (Phi) is 3.77. The van der Waals surface area contributed by atoms with Gasteiger partial charge in [0.1, 0.15) is 5.82 Å². The molecule has 0 bridgehead atoms. The van der Waals surface area contributed by atoms with Gasteiger partial charge in [-0.3, -0.25) is 0 Å². The molecule has 5 nitrogen and oxygen atoms in total. The van der Waals surface area contributed by atoms with E-state index < -0.39 is 0 Å². The van der Waals surface area contributed by atoms with Gasteiger partial charge in [0, 0.05) is 18.4 Å². The van der Waals surface area contributed by atoms with Gasteiger partial charge in [0.2, 0.25) is 5.28 Å². The summed E-state index contributed by atoms with van der Waals surface area (Å²) in [5, 5.41) is 12.5. The first-order valence-corrected chi connectivity index (χ1v) is 5.81. The summed E-state index contributed by atoms with van der Waals surface area (Å²) < 4.78 is 5.37. The Morgan fingerprint density at radius 2 is 2.47 bits per heavy atom. The van der Waals surface area contributed by atoms with Crippen molar-refractivity contribution in [2.45, 2.75) is 19.4 Å². The molecule has 2 rings (SSSR count). The average molecular weight is 253 g/mol. The Morgan fingerprint density at radius 3 is 3.24 bits per heavy atom. The second kappa shape index (κ2) is 5.30. The molecule has 1 N–H and O–H groups in total. The average Bonchev–Trinajstić information content (AvgIpc) is 2.34. The Labute approximate surface area is 105 Å². The molecule has 0 amide bonds. The first kappa shape index (κ1) is 12.1. The zero-order valence-electron chi connectivity index (χ0n) is 9.48. The SMILES string of the molecule is Cc1cnc(Cl)nc1N[C@H]1COCCC1C#N.